The molecule has 3 heterocycles. The Bertz CT molecular complexity index is 919. The summed E-state index contributed by atoms with van der Waals surface area (Å²) >= 11 is 0. The van der Waals surface area contributed by atoms with Crippen molar-refractivity contribution in [3.63, 3.8) is 0 Å². The van der Waals surface area contributed by atoms with Crippen LogP contribution in [0.15, 0.2) is 24.3 Å². The number of amides is 1. The molecular formula is C26H38N5O+. The number of piperazine rings is 1. The van der Waals surface area contributed by atoms with Crippen LogP contribution in [0.2, 0.25) is 0 Å². The third-order valence-corrected chi connectivity index (χ3v) is 6.98. The minimum absolute atomic E-state index is 0.113. The van der Waals surface area contributed by atoms with Crippen molar-refractivity contribution in [2.75, 3.05) is 44.2 Å². The Morgan fingerprint density at radius 2 is 1.78 bits per heavy atom. The summed E-state index contributed by atoms with van der Waals surface area (Å²) in [6.45, 7) is 13.3. The minimum Gasteiger partial charge on any atom is -0.345 e. The zero-order valence-electron chi connectivity index (χ0n) is 20.0. The maximum absolute atomic E-state index is 13.3. The van der Waals surface area contributed by atoms with Crippen molar-refractivity contribution in [2.45, 2.75) is 59.4 Å². The van der Waals surface area contributed by atoms with E-state index in [0.717, 1.165) is 67.5 Å². The van der Waals surface area contributed by atoms with E-state index in [9.17, 15) is 4.79 Å². The van der Waals surface area contributed by atoms with E-state index in [4.69, 9.17) is 9.97 Å². The topological polar surface area (TPSA) is 53.8 Å². The molecule has 0 atom stereocenters. The molecule has 2 aliphatic heterocycles. The molecule has 0 saturated carbocycles. The van der Waals surface area contributed by atoms with Crippen LogP contribution in [0.3, 0.4) is 0 Å². The maximum atomic E-state index is 13.3. The van der Waals surface area contributed by atoms with Crippen molar-refractivity contribution in [3.8, 4) is 0 Å². The lowest BCUT2D eigenvalue weighted by molar-refractivity contribution is -0.898. The molecule has 1 amide bonds. The van der Waals surface area contributed by atoms with Gasteiger partial charge in [-0.25, -0.2) is 9.97 Å². The van der Waals surface area contributed by atoms with Crippen molar-refractivity contribution in [1.29, 1.82) is 0 Å². The summed E-state index contributed by atoms with van der Waals surface area (Å²) in [6.07, 6.45) is 5.59. The van der Waals surface area contributed by atoms with Crippen LogP contribution >= 0.6 is 0 Å². The van der Waals surface area contributed by atoms with Gasteiger partial charge in [-0.3, -0.25) is 4.79 Å². The van der Waals surface area contributed by atoms with Crippen molar-refractivity contribution in [2.24, 2.45) is 0 Å². The molecule has 1 N–H and O–H groups in total. The van der Waals surface area contributed by atoms with Crippen molar-refractivity contribution < 1.29 is 9.69 Å². The number of quaternary nitrogens is 1. The molecule has 0 aliphatic carbocycles. The second-order valence-corrected chi connectivity index (χ2v) is 9.24. The van der Waals surface area contributed by atoms with Gasteiger partial charge in [-0.05, 0) is 44.4 Å². The first-order valence-corrected chi connectivity index (χ1v) is 12.4. The number of aryl methyl sites for hydroxylation is 2. The van der Waals surface area contributed by atoms with Crippen LogP contribution in [0.25, 0.3) is 0 Å². The van der Waals surface area contributed by atoms with Crippen LogP contribution < -0.4 is 9.80 Å². The average molecular weight is 437 g/mol. The Balaban J connectivity index is 1.48. The Kier molecular flexibility index (Phi) is 7.40. The molecule has 0 bridgehead atoms. The van der Waals surface area contributed by atoms with Gasteiger partial charge >= 0.3 is 0 Å². The number of fused-ring (bicyclic) bond motifs is 1. The highest BCUT2D eigenvalue weighted by molar-refractivity contribution is 5.94. The van der Waals surface area contributed by atoms with E-state index in [-0.39, 0.29) is 5.91 Å². The quantitative estimate of drug-likeness (QED) is 0.678. The Morgan fingerprint density at radius 1 is 1.03 bits per heavy atom. The molecule has 172 valence electrons. The molecule has 1 saturated heterocycles. The van der Waals surface area contributed by atoms with Gasteiger partial charge in [0.1, 0.15) is 11.6 Å². The largest absolute Gasteiger partial charge is 0.345 e. The maximum Gasteiger partial charge on any atom is 0.254 e. The number of unbranched alkanes of at least 4 members (excludes halogenated alkanes) is 2. The summed E-state index contributed by atoms with van der Waals surface area (Å²) in [5.41, 5.74) is 4.36. The molecule has 1 aromatic carbocycles. The molecule has 6 nitrogen and oxygen atoms in total. The number of carbonyl (C=O) groups excluding carboxylic acids is 1. The fourth-order valence-electron chi connectivity index (χ4n) is 4.92. The van der Waals surface area contributed by atoms with Crippen LogP contribution in [0.5, 0.6) is 0 Å². The fraction of sp³-hybridized carbons (Fsp3) is 0.577. The third-order valence-electron chi connectivity index (χ3n) is 6.98. The van der Waals surface area contributed by atoms with E-state index < -0.39 is 0 Å². The van der Waals surface area contributed by atoms with Gasteiger partial charge in [0.05, 0.1) is 45.0 Å². The number of hydrogen-bond donors (Lipinski definition) is 1. The van der Waals surface area contributed by atoms with Crippen LogP contribution in [0.4, 0.5) is 5.82 Å². The van der Waals surface area contributed by atoms with Crippen LogP contribution in [0.1, 0.15) is 66.1 Å². The number of hydrogen-bond acceptors (Lipinski definition) is 4. The molecule has 2 aromatic rings. The first-order chi connectivity index (χ1) is 15.6. The monoisotopic (exact) mass is 436 g/mol. The van der Waals surface area contributed by atoms with Gasteiger partial charge in [0, 0.05) is 24.1 Å². The van der Waals surface area contributed by atoms with Crippen LogP contribution in [-0.4, -0.2) is 60.0 Å². The molecule has 2 aliphatic rings. The average Bonchev–Trinajstić information content (AvgIpc) is 2.83. The van der Waals surface area contributed by atoms with Crippen molar-refractivity contribution in [1.82, 2.24) is 14.9 Å². The summed E-state index contributed by atoms with van der Waals surface area (Å²) in [4.78, 5) is 28.9. The standard InChI is InChI=1S/C26H37N5O/c1-4-6-7-8-21-9-11-22(12-10-21)26(32)31-14-13-24-23(19-31)25(28-20(3)27-24)30-17-15-29(5-2)16-18-30/h9-12H,4-8,13-19H2,1-3H3/p+1. The fourth-order valence-corrected chi connectivity index (χ4v) is 4.92. The van der Waals surface area contributed by atoms with Crippen molar-refractivity contribution >= 4 is 11.7 Å². The van der Waals surface area contributed by atoms with Crippen LogP contribution in [-0.2, 0) is 19.4 Å². The normalized spacial score (nSPS) is 16.8. The second kappa shape index (κ2) is 10.4. The Hall–Kier alpha value is -2.47. The molecule has 4 rings (SSSR count). The number of nitrogens with zero attached hydrogens (tertiary/aromatic N) is 4. The van der Waals surface area contributed by atoms with E-state index in [1.165, 1.54) is 31.4 Å². The number of aromatic nitrogens is 2. The number of anilines is 1. The van der Waals surface area contributed by atoms with Gasteiger partial charge in [-0.1, -0.05) is 31.9 Å². The van der Waals surface area contributed by atoms with E-state index in [2.05, 4.69) is 30.9 Å². The highest BCUT2D eigenvalue weighted by Gasteiger charge is 2.29. The van der Waals surface area contributed by atoms with E-state index in [1.807, 2.05) is 24.0 Å². The molecule has 1 aromatic heterocycles. The number of likely N-dealkylation sites (N-methyl/N-ethyl adjacent to an activating group) is 1. The Labute approximate surface area is 192 Å². The van der Waals surface area contributed by atoms with Gasteiger partial charge in [0.15, 0.2) is 0 Å². The summed E-state index contributed by atoms with van der Waals surface area (Å²) < 4.78 is 0. The molecule has 1 fully saturated rings. The minimum atomic E-state index is 0.113. The predicted molar refractivity (Wildman–Crippen MR) is 128 cm³/mol. The zero-order chi connectivity index (χ0) is 22.5. The molecule has 0 spiro atoms. The molecule has 0 radical (unpaired) electrons. The lowest BCUT2D eigenvalue weighted by Gasteiger charge is -2.36. The number of benzene rings is 1. The first kappa shape index (κ1) is 22.7. The first-order valence-electron chi connectivity index (χ1n) is 12.4. The van der Waals surface area contributed by atoms with Gasteiger partial charge in [-0.15, -0.1) is 0 Å². The van der Waals surface area contributed by atoms with E-state index in [0.29, 0.717) is 13.1 Å². The third kappa shape index (κ3) is 5.12. The van der Waals surface area contributed by atoms with Gasteiger partial charge in [0.2, 0.25) is 0 Å². The van der Waals surface area contributed by atoms with E-state index in [1.54, 1.807) is 4.90 Å². The van der Waals surface area contributed by atoms with E-state index >= 15 is 0 Å². The highest BCUT2D eigenvalue weighted by Crippen LogP contribution is 2.28. The summed E-state index contributed by atoms with van der Waals surface area (Å²) in [6, 6.07) is 8.24. The van der Waals surface area contributed by atoms with Crippen molar-refractivity contribution in [3.05, 3.63) is 52.5 Å². The molecule has 6 heteroatoms. The smallest absolute Gasteiger partial charge is 0.254 e. The lowest BCUT2D eigenvalue weighted by Crippen LogP contribution is -3.14. The lowest BCUT2D eigenvalue weighted by atomic mass is 10.0. The molecule has 0 unspecified atom stereocenters. The van der Waals surface area contributed by atoms with Gasteiger partial charge in [0.25, 0.3) is 5.91 Å². The predicted octanol–water partition coefficient (Wildman–Crippen LogP) is 2.44. The highest BCUT2D eigenvalue weighted by atomic mass is 16.2. The summed E-state index contributed by atoms with van der Waals surface area (Å²) in [5.74, 6) is 2.00. The van der Waals surface area contributed by atoms with Crippen LogP contribution in [0, 0.1) is 6.92 Å². The number of rotatable bonds is 7. The second-order valence-electron chi connectivity index (χ2n) is 9.24. The zero-order valence-corrected chi connectivity index (χ0v) is 20.0. The Morgan fingerprint density at radius 3 is 2.47 bits per heavy atom. The molecule has 32 heavy (non-hydrogen) atoms. The summed E-state index contributed by atoms with van der Waals surface area (Å²) in [7, 11) is 0. The number of carbonyl (C=O) groups is 1. The SMILES string of the molecule is CCCCCc1ccc(C(=O)N2CCc3nc(C)nc(N4CC[NH+](CC)CC4)c3C2)cc1. The number of nitrogens with one attached hydrogen (secondary N) is 1. The summed E-state index contributed by atoms with van der Waals surface area (Å²) in [5, 5.41) is 0. The van der Waals surface area contributed by atoms with Gasteiger partial charge < -0.3 is 14.7 Å². The van der Waals surface area contributed by atoms with Gasteiger partial charge in [-0.2, -0.15) is 0 Å². The molecular weight excluding hydrogens is 398 g/mol.